The molecule has 0 saturated heterocycles. The van der Waals surface area contributed by atoms with Crippen LogP contribution in [0.1, 0.15) is 13.3 Å². The highest BCUT2D eigenvalue weighted by Gasteiger charge is 2.14. The van der Waals surface area contributed by atoms with E-state index < -0.39 is 11.8 Å². The molecule has 2 aromatic rings. The van der Waals surface area contributed by atoms with E-state index in [1.54, 1.807) is 0 Å². The van der Waals surface area contributed by atoms with Gasteiger partial charge < -0.3 is 9.67 Å². The molecule has 0 bridgehead atoms. The van der Waals surface area contributed by atoms with Crippen molar-refractivity contribution in [2.24, 2.45) is 0 Å². The van der Waals surface area contributed by atoms with Gasteiger partial charge in [-0.2, -0.15) is 0 Å². The minimum absolute atomic E-state index is 0.0319. The fraction of sp³-hybridized carbons (Fsp3) is 0.286. The molecule has 0 spiro atoms. The van der Waals surface area contributed by atoms with Crippen molar-refractivity contribution in [1.82, 2.24) is 9.55 Å². The number of imidazole rings is 1. The third kappa shape index (κ3) is 3.77. The normalized spacial score (nSPS) is 11.6. The third-order valence-corrected chi connectivity index (χ3v) is 4.09. The first-order chi connectivity index (χ1) is 10.0. The Morgan fingerprint density at radius 2 is 2.33 bits per heavy atom. The lowest BCUT2D eigenvalue weighted by Gasteiger charge is -2.06. The summed E-state index contributed by atoms with van der Waals surface area (Å²) >= 11 is 6.94. The fourth-order valence-electron chi connectivity index (χ4n) is 1.92. The van der Waals surface area contributed by atoms with Crippen LogP contribution >= 0.6 is 23.4 Å². The maximum atomic E-state index is 13.5. The summed E-state index contributed by atoms with van der Waals surface area (Å²) in [5.41, 5.74) is 1.18. The van der Waals surface area contributed by atoms with E-state index in [1.807, 2.05) is 23.6 Å². The van der Waals surface area contributed by atoms with Gasteiger partial charge >= 0.3 is 5.97 Å². The number of hydrogen-bond acceptors (Lipinski definition) is 3. The molecule has 1 heterocycles. The van der Waals surface area contributed by atoms with Crippen LogP contribution in [0, 0.1) is 5.82 Å². The molecule has 0 atom stereocenters. The molecule has 0 aliphatic rings. The molecular weight excluding hydrogens is 315 g/mol. The van der Waals surface area contributed by atoms with Crippen molar-refractivity contribution in [3.05, 3.63) is 35.1 Å². The van der Waals surface area contributed by atoms with Crippen LogP contribution in [0.5, 0.6) is 0 Å². The van der Waals surface area contributed by atoms with E-state index in [4.69, 9.17) is 16.7 Å². The number of aliphatic carboxylic acids is 1. The minimum Gasteiger partial charge on any atom is -0.481 e. The van der Waals surface area contributed by atoms with E-state index >= 15 is 0 Å². The summed E-state index contributed by atoms with van der Waals surface area (Å²) in [6.07, 6.45) is 4.72. The maximum Gasteiger partial charge on any atom is 0.313 e. The van der Waals surface area contributed by atoms with Gasteiger partial charge in [0, 0.05) is 12.6 Å². The number of allylic oxidation sites excluding steroid dienone is 2. The number of carbonyl (C=O) groups is 1. The average Bonchev–Trinajstić information content (AvgIpc) is 2.75. The van der Waals surface area contributed by atoms with Crippen molar-refractivity contribution < 1.29 is 14.3 Å². The lowest BCUT2D eigenvalue weighted by Crippen LogP contribution is -2.03. The van der Waals surface area contributed by atoms with Gasteiger partial charge in [-0.25, -0.2) is 9.37 Å². The summed E-state index contributed by atoms with van der Waals surface area (Å²) in [4.78, 5) is 15.0. The van der Waals surface area contributed by atoms with Gasteiger partial charge in [-0.3, -0.25) is 4.79 Å². The summed E-state index contributed by atoms with van der Waals surface area (Å²) < 4.78 is 15.4. The molecule has 0 aliphatic heterocycles. The van der Waals surface area contributed by atoms with E-state index in [-0.39, 0.29) is 10.8 Å². The first-order valence-electron chi connectivity index (χ1n) is 6.34. The van der Waals surface area contributed by atoms with E-state index in [2.05, 4.69) is 4.98 Å². The molecule has 112 valence electrons. The molecule has 0 unspecified atom stereocenters. The quantitative estimate of drug-likeness (QED) is 0.644. The number of thioether (sulfide) groups is 1. The van der Waals surface area contributed by atoms with Gasteiger partial charge in [-0.05, 0) is 19.4 Å². The second-order valence-electron chi connectivity index (χ2n) is 4.34. The van der Waals surface area contributed by atoms with Gasteiger partial charge in [0.05, 0.1) is 21.8 Å². The SMILES string of the molecule is C/C=C/CCn1c(SCC(=O)O)nc2cc(F)c(Cl)cc21. The molecule has 21 heavy (non-hydrogen) atoms. The topological polar surface area (TPSA) is 55.1 Å². The zero-order valence-electron chi connectivity index (χ0n) is 11.3. The molecule has 0 fully saturated rings. The first kappa shape index (κ1) is 15.9. The molecule has 1 N–H and O–H groups in total. The lowest BCUT2D eigenvalue weighted by atomic mass is 10.3. The number of halogens is 2. The largest absolute Gasteiger partial charge is 0.481 e. The summed E-state index contributed by atoms with van der Waals surface area (Å²) in [5.74, 6) is -1.54. The van der Waals surface area contributed by atoms with Gasteiger partial charge in [0.15, 0.2) is 5.16 Å². The van der Waals surface area contributed by atoms with Crippen molar-refractivity contribution >= 4 is 40.4 Å². The molecule has 7 heteroatoms. The van der Waals surface area contributed by atoms with Crippen LogP contribution < -0.4 is 0 Å². The lowest BCUT2D eigenvalue weighted by molar-refractivity contribution is -0.133. The Bertz CT molecular complexity index is 700. The minimum atomic E-state index is -0.920. The van der Waals surface area contributed by atoms with Crippen LogP contribution in [-0.2, 0) is 11.3 Å². The number of nitrogens with zero attached hydrogens (tertiary/aromatic N) is 2. The summed E-state index contributed by atoms with van der Waals surface area (Å²) in [7, 11) is 0. The first-order valence-corrected chi connectivity index (χ1v) is 7.70. The Morgan fingerprint density at radius 1 is 1.57 bits per heavy atom. The number of aromatic nitrogens is 2. The van der Waals surface area contributed by atoms with Gasteiger partial charge in [0.1, 0.15) is 5.82 Å². The number of hydrogen-bond donors (Lipinski definition) is 1. The Kier molecular flexibility index (Phi) is 5.25. The summed E-state index contributed by atoms with van der Waals surface area (Å²) in [6, 6.07) is 2.80. The predicted molar refractivity (Wildman–Crippen MR) is 82.5 cm³/mol. The Labute approximate surface area is 130 Å². The Morgan fingerprint density at radius 3 is 3.00 bits per heavy atom. The molecule has 0 radical (unpaired) electrons. The Balaban J connectivity index is 2.43. The van der Waals surface area contributed by atoms with Crippen LogP contribution in [-0.4, -0.2) is 26.4 Å². The van der Waals surface area contributed by atoms with Crippen LogP contribution in [0.15, 0.2) is 29.4 Å². The van der Waals surface area contributed by atoms with Crippen molar-refractivity contribution in [1.29, 1.82) is 0 Å². The number of benzene rings is 1. The van der Waals surface area contributed by atoms with E-state index in [0.717, 1.165) is 18.2 Å². The van der Waals surface area contributed by atoms with Crippen LogP contribution in [0.2, 0.25) is 5.02 Å². The Hall–Kier alpha value is -1.53. The van der Waals surface area contributed by atoms with Crippen molar-refractivity contribution in [3.63, 3.8) is 0 Å². The standard InChI is InChI=1S/C14H14ClFN2O2S/c1-2-3-4-5-18-12-6-9(15)10(16)7-11(12)17-14(18)21-8-13(19)20/h2-3,6-7H,4-5,8H2,1H3,(H,19,20)/b3-2+. The summed E-state index contributed by atoms with van der Waals surface area (Å²) in [5, 5.41) is 9.38. The number of carboxylic acids is 1. The van der Waals surface area contributed by atoms with Crippen molar-refractivity contribution in [2.75, 3.05) is 5.75 Å². The van der Waals surface area contributed by atoms with Crippen LogP contribution in [0.4, 0.5) is 4.39 Å². The number of aryl methyl sites for hydroxylation is 1. The smallest absolute Gasteiger partial charge is 0.313 e. The average molecular weight is 329 g/mol. The summed E-state index contributed by atoms with van der Waals surface area (Å²) in [6.45, 7) is 2.56. The number of rotatable bonds is 6. The van der Waals surface area contributed by atoms with Crippen molar-refractivity contribution in [3.8, 4) is 0 Å². The molecule has 0 amide bonds. The molecule has 4 nitrogen and oxygen atoms in total. The van der Waals surface area contributed by atoms with Crippen LogP contribution in [0.3, 0.4) is 0 Å². The fourth-order valence-corrected chi connectivity index (χ4v) is 2.84. The molecule has 2 rings (SSSR count). The highest BCUT2D eigenvalue weighted by molar-refractivity contribution is 7.99. The monoisotopic (exact) mass is 328 g/mol. The third-order valence-electron chi connectivity index (χ3n) is 2.84. The highest BCUT2D eigenvalue weighted by atomic mass is 35.5. The van der Waals surface area contributed by atoms with E-state index in [0.29, 0.717) is 22.7 Å². The van der Waals surface area contributed by atoms with Crippen molar-refractivity contribution in [2.45, 2.75) is 25.0 Å². The van der Waals surface area contributed by atoms with Gasteiger partial charge in [-0.1, -0.05) is 35.5 Å². The van der Waals surface area contributed by atoms with Gasteiger partial charge in [0.2, 0.25) is 0 Å². The van der Waals surface area contributed by atoms with Crippen LogP contribution in [0.25, 0.3) is 11.0 Å². The second-order valence-corrected chi connectivity index (χ2v) is 5.69. The van der Waals surface area contributed by atoms with E-state index in [1.165, 1.54) is 12.1 Å². The zero-order chi connectivity index (χ0) is 15.4. The second kappa shape index (κ2) is 6.95. The highest BCUT2D eigenvalue weighted by Crippen LogP contribution is 2.28. The zero-order valence-corrected chi connectivity index (χ0v) is 12.9. The van der Waals surface area contributed by atoms with Gasteiger partial charge in [0.25, 0.3) is 0 Å². The molecule has 0 aliphatic carbocycles. The molecular formula is C14H14ClFN2O2S. The maximum absolute atomic E-state index is 13.5. The number of carboxylic acid groups (broad SMARTS) is 1. The molecule has 1 aromatic carbocycles. The molecule has 0 saturated carbocycles. The van der Waals surface area contributed by atoms with Gasteiger partial charge in [-0.15, -0.1) is 0 Å². The number of fused-ring (bicyclic) bond motifs is 1. The predicted octanol–water partition coefficient (Wildman–Crippen LogP) is 3.97. The van der Waals surface area contributed by atoms with E-state index in [9.17, 15) is 9.18 Å². The molecule has 1 aromatic heterocycles.